The molecule has 1 aromatic carbocycles. The average Bonchev–Trinajstić information content (AvgIpc) is 2.17. The number of rotatable bonds is 3. The highest BCUT2D eigenvalue weighted by molar-refractivity contribution is 7.93. The molecule has 0 N–H and O–H groups in total. The van der Waals surface area contributed by atoms with Crippen molar-refractivity contribution in [1.29, 1.82) is 0 Å². The number of benzene rings is 1. The first-order valence-electron chi connectivity index (χ1n) is 4.04. The Morgan fingerprint density at radius 1 is 1.33 bits per heavy atom. The van der Waals surface area contributed by atoms with Gasteiger partial charge in [-0.1, -0.05) is 0 Å². The Kier molecular flexibility index (Phi) is 3.46. The predicted octanol–water partition coefficient (Wildman–Crippen LogP) is 1.75. The maximum absolute atomic E-state index is 12.5. The summed E-state index contributed by atoms with van der Waals surface area (Å²) in [7, 11) is -3.80. The number of carbonyl (C=O) groups is 1. The van der Waals surface area contributed by atoms with E-state index in [0.29, 0.717) is 0 Å². The van der Waals surface area contributed by atoms with Gasteiger partial charge >= 0.3 is 0 Å². The van der Waals surface area contributed by atoms with Gasteiger partial charge < -0.3 is 0 Å². The Morgan fingerprint density at radius 3 is 2.20 bits per heavy atom. The summed E-state index contributed by atoms with van der Waals surface area (Å²) in [6.45, 7) is 1.19. The van der Waals surface area contributed by atoms with E-state index in [1.807, 2.05) is 0 Å². The number of hydrogen-bond donors (Lipinski definition) is 0. The summed E-state index contributed by atoms with van der Waals surface area (Å²) in [6.07, 6.45) is 0. The van der Waals surface area contributed by atoms with Gasteiger partial charge in [-0.05, 0) is 42.8 Å². The van der Waals surface area contributed by atoms with Crippen molar-refractivity contribution in [2.75, 3.05) is 0 Å². The molecular weight excluding hydrogens is 243 g/mol. The largest absolute Gasteiger partial charge is 0.280 e. The number of hydrogen-bond acceptors (Lipinski definition) is 3. The van der Waals surface area contributed by atoms with Crippen molar-refractivity contribution >= 4 is 26.7 Å². The maximum atomic E-state index is 12.5. The first-order chi connectivity index (χ1) is 6.85. The second-order valence-corrected chi connectivity index (χ2v) is 5.59. The molecule has 0 heterocycles. The molecule has 0 saturated heterocycles. The molecule has 15 heavy (non-hydrogen) atoms. The van der Waals surface area contributed by atoms with Crippen LogP contribution in [-0.2, 0) is 14.6 Å². The summed E-state index contributed by atoms with van der Waals surface area (Å²) in [4.78, 5) is 10.6. The molecule has 0 bridgehead atoms. The quantitative estimate of drug-likeness (QED) is 0.607. The molecule has 82 valence electrons. The maximum Gasteiger partial charge on any atom is 0.239 e. The molecular formula is C9H8ClFO3S. The molecule has 0 fully saturated rings. The Hall–Kier alpha value is -0.940. The smallest absolute Gasteiger partial charge is 0.239 e. The molecule has 3 nitrogen and oxygen atoms in total. The van der Waals surface area contributed by atoms with E-state index < -0.39 is 26.1 Å². The minimum absolute atomic E-state index is 0.120. The highest BCUT2D eigenvalue weighted by Gasteiger charge is 2.28. The lowest BCUT2D eigenvalue weighted by Crippen LogP contribution is -2.23. The molecule has 0 amide bonds. The Labute approximate surface area is 91.8 Å². The number of carbonyl (C=O) groups excluding carboxylic acids is 1. The van der Waals surface area contributed by atoms with Crippen molar-refractivity contribution in [1.82, 2.24) is 0 Å². The van der Waals surface area contributed by atoms with E-state index in [-0.39, 0.29) is 4.90 Å². The average molecular weight is 251 g/mol. The van der Waals surface area contributed by atoms with Crippen molar-refractivity contribution in [2.45, 2.75) is 17.1 Å². The summed E-state index contributed by atoms with van der Waals surface area (Å²) >= 11 is 5.10. The zero-order valence-electron chi connectivity index (χ0n) is 7.78. The Morgan fingerprint density at radius 2 is 1.80 bits per heavy atom. The van der Waals surface area contributed by atoms with Crippen molar-refractivity contribution in [2.24, 2.45) is 0 Å². The minimum Gasteiger partial charge on any atom is -0.280 e. The van der Waals surface area contributed by atoms with E-state index in [1.165, 1.54) is 6.92 Å². The molecule has 0 radical (unpaired) electrons. The van der Waals surface area contributed by atoms with Crippen LogP contribution in [0, 0.1) is 5.82 Å². The second kappa shape index (κ2) is 4.28. The molecule has 1 unspecified atom stereocenters. The molecule has 0 spiro atoms. The number of sulfone groups is 1. The molecule has 0 aliphatic carbocycles. The van der Waals surface area contributed by atoms with Gasteiger partial charge in [-0.2, -0.15) is 0 Å². The third kappa shape index (κ3) is 2.54. The standard InChI is InChI=1S/C9H8ClFO3S/c1-6(9(10)12)15(13,14)8-4-2-7(11)3-5-8/h2-6H,1H3. The van der Waals surface area contributed by atoms with E-state index in [1.54, 1.807) is 0 Å². The van der Waals surface area contributed by atoms with Crippen LogP contribution in [0.2, 0.25) is 0 Å². The topological polar surface area (TPSA) is 51.2 Å². The van der Waals surface area contributed by atoms with Crippen molar-refractivity contribution < 1.29 is 17.6 Å². The van der Waals surface area contributed by atoms with Crippen LogP contribution < -0.4 is 0 Å². The Balaban J connectivity index is 3.17. The van der Waals surface area contributed by atoms with Crippen LogP contribution in [0.3, 0.4) is 0 Å². The summed E-state index contributed by atoms with van der Waals surface area (Å²) in [5.41, 5.74) is 0. The normalized spacial score (nSPS) is 13.5. The van der Waals surface area contributed by atoms with E-state index in [2.05, 4.69) is 0 Å². The zero-order chi connectivity index (χ0) is 11.6. The van der Waals surface area contributed by atoms with Crippen LogP contribution in [0.1, 0.15) is 6.92 Å². The molecule has 1 aromatic rings. The summed E-state index contributed by atoms with van der Waals surface area (Å²) in [5.74, 6) is -0.543. The van der Waals surface area contributed by atoms with E-state index in [4.69, 9.17) is 11.6 Å². The second-order valence-electron chi connectivity index (χ2n) is 2.95. The van der Waals surface area contributed by atoms with Gasteiger partial charge in [-0.25, -0.2) is 12.8 Å². The lowest BCUT2D eigenvalue weighted by atomic mass is 10.4. The monoisotopic (exact) mass is 250 g/mol. The molecule has 0 saturated carbocycles. The van der Waals surface area contributed by atoms with E-state index in [9.17, 15) is 17.6 Å². The molecule has 0 aromatic heterocycles. The fourth-order valence-corrected chi connectivity index (χ4v) is 2.47. The van der Waals surface area contributed by atoms with Crippen LogP contribution in [0.4, 0.5) is 4.39 Å². The molecule has 0 aliphatic rings. The van der Waals surface area contributed by atoms with Gasteiger partial charge in [0.1, 0.15) is 11.1 Å². The molecule has 6 heteroatoms. The summed E-state index contributed by atoms with van der Waals surface area (Å²) in [6, 6.07) is 4.22. The summed E-state index contributed by atoms with van der Waals surface area (Å²) in [5, 5.41) is -2.29. The van der Waals surface area contributed by atoms with Gasteiger partial charge in [-0.3, -0.25) is 4.79 Å². The highest BCUT2D eigenvalue weighted by atomic mass is 35.5. The van der Waals surface area contributed by atoms with Crippen LogP contribution in [0.25, 0.3) is 0 Å². The molecule has 1 atom stereocenters. The van der Waals surface area contributed by atoms with Crippen molar-refractivity contribution in [3.05, 3.63) is 30.1 Å². The Bertz CT molecular complexity index is 467. The molecule has 1 rings (SSSR count). The number of halogens is 2. The third-order valence-electron chi connectivity index (χ3n) is 1.93. The minimum atomic E-state index is -3.80. The van der Waals surface area contributed by atoms with E-state index in [0.717, 1.165) is 24.3 Å². The first-order valence-corrected chi connectivity index (χ1v) is 5.97. The van der Waals surface area contributed by atoms with Gasteiger partial charge in [-0.15, -0.1) is 0 Å². The van der Waals surface area contributed by atoms with E-state index >= 15 is 0 Å². The molecule has 0 aliphatic heterocycles. The lowest BCUT2D eigenvalue weighted by molar-refractivity contribution is -0.111. The van der Waals surface area contributed by atoms with Gasteiger partial charge in [0.05, 0.1) is 4.90 Å². The highest BCUT2D eigenvalue weighted by Crippen LogP contribution is 2.17. The first kappa shape index (κ1) is 12.1. The third-order valence-corrected chi connectivity index (χ3v) is 4.46. The lowest BCUT2D eigenvalue weighted by Gasteiger charge is -2.07. The van der Waals surface area contributed by atoms with Crippen LogP contribution >= 0.6 is 11.6 Å². The van der Waals surface area contributed by atoms with Gasteiger partial charge in [0.2, 0.25) is 5.24 Å². The fourth-order valence-electron chi connectivity index (χ4n) is 0.950. The van der Waals surface area contributed by atoms with Crippen molar-refractivity contribution in [3.8, 4) is 0 Å². The van der Waals surface area contributed by atoms with Gasteiger partial charge in [0, 0.05) is 0 Å². The summed E-state index contributed by atoms with van der Waals surface area (Å²) < 4.78 is 35.9. The van der Waals surface area contributed by atoms with Crippen molar-refractivity contribution in [3.63, 3.8) is 0 Å². The fraction of sp³-hybridized carbons (Fsp3) is 0.222. The van der Waals surface area contributed by atoms with Gasteiger partial charge in [0.25, 0.3) is 0 Å². The van der Waals surface area contributed by atoms with Crippen LogP contribution in [0.5, 0.6) is 0 Å². The van der Waals surface area contributed by atoms with Gasteiger partial charge in [0.15, 0.2) is 9.84 Å². The van der Waals surface area contributed by atoms with Crippen LogP contribution in [-0.4, -0.2) is 18.9 Å². The SMILES string of the molecule is CC(C(=O)Cl)S(=O)(=O)c1ccc(F)cc1. The predicted molar refractivity (Wildman–Crippen MR) is 53.9 cm³/mol. The van der Waals surface area contributed by atoms with Crippen LogP contribution in [0.15, 0.2) is 29.2 Å². The zero-order valence-corrected chi connectivity index (χ0v) is 9.35.